The summed E-state index contributed by atoms with van der Waals surface area (Å²) in [6, 6.07) is 3.23. The molecule has 1 aliphatic carbocycles. The molecule has 0 aromatic carbocycles. The second kappa shape index (κ2) is 9.91. The van der Waals surface area contributed by atoms with Crippen molar-refractivity contribution in [1.29, 1.82) is 0 Å². The van der Waals surface area contributed by atoms with Crippen LogP contribution in [0.25, 0.3) is 0 Å². The van der Waals surface area contributed by atoms with Gasteiger partial charge in [0.1, 0.15) is 0 Å². The van der Waals surface area contributed by atoms with Crippen molar-refractivity contribution >= 4 is 29.6 Å². The van der Waals surface area contributed by atoms with Crippen molar-refractivity contribution in [3.8, 4) is 0 Å². The van der Waals surface area contributed by atoms with Crippen LogP contribution >= 0.6 is 11.8 Å². The third kappa shape index (κ3) is 5.70. The van der Waals surface area contributed by atoms with Crippen LogP contribution in [0, 0.1) is 0 Å². The fourth-order valence-electron chi connectivity index (χ4n) is 3.60. The molecule has 1 atom stereocenters. The SMILES string of the molecule is CC(Sc1ccc(C(=O)N2CCCC2)cn1)C(=O)NC(=O)NC1CCCCC1. The van der Waals surface area contributed by atoms with Crippen LogP contribution < -0.4 is 10.6 Å². The Balaban J connectivity index is 1.46. The van der Waals surface area contributed by atoms with Gasteiger partial charge in [0.05, 0.1) is 15.8 Å². The second-order valence-corrected chi connectivity index (χ2v) is 8.80. The summed E-state index contributed by atoms with van der Waals surface area (Å²) in [7, 11) is 0. The normalized spacial score (nSPS) is 18.5. The van der Waals surface area contributed by atoms with Gasteiger partial charge < -0.3 is 10.2 Å². The van der Waals surface area contributed by atoms with Crippen LogP contribution in [0.1, 0.15) is 62.2 Å². The smallest absolute Gasteiger partial charge is 0.321 e. The lowest BCUT2D eigenvalue weighted by Crippen LogP contribution is -2.47. The Morgan fingerprint density at radius 1 is 1.11 bits per heavy atom. The third-order valence-electron chi connectivity index (χ3n) is 5.22. The summed E-state index contributed by atoms with van der Waals surface area (Å²) in [4.78, 5) is 42.8. The van der Waals surface area contributed by atoms with E-state index < -0.39 is 11.3 Å². The molecule has 0 bridgehead atoms. The van der Waals surface area contributed by atoms with E-state index in [2.05, 4.69) is 15.6 Å². The predicted molar refractivity (Wildman–Crippen MR) is 108 cm³/mol. The fourth-order valence-corrected chi connectivity index (χ4v) is 4.38. The number of hydrogen-bond acceptors (Lipinski definition) is 5. The van der Waals surface area contributed by atoms with E-state index in [9.17, 15) is 14.4 Å². The van der Waals surface area contributed by atoms with Gasteiger partial charge in [-0.15, -0.1) is 0 Å². The first-order valence-corrected chi connectivity index (χ1v) is 10.9. The zero-order valence-electron chi connectivity index (χ0n) is 16.3. The molecule has 1 saturated heterocycles. The van der Waals surface area contributed by atoms with Crippen LogP contribution in [0.2, 0.25) is 0 Å². The first kappa shape index (κ1) is 20.6. The number of urea groups is 1. The van der Waals surface area contributed by atoms with Crippen LogP contribution in [-0.4, -0.2) is 52.1 Å². The number of nitrogens with one attached hydrogen (secondary N) is 2. The molecule has 28 heavy (non-hydrogen) atoms. The Bertz CT molecular complexity index is 698. The minimum atomic E-state index is -0.468. The Labute approximate surface area is 170 Å². The van der Waals surface area contributed by atoms with E-state index in [1.165, 1.54) is 18.2 Å². The van der Waals surface area contributed by atoms with E-state index >= 15 is 0 Å². The largest absolute Gasteiger partial charge is 0.339 e. The van der Waals surface area contributed by atoms with Gasteiger partial charge in [-0.3, -0.25) is 14.9 Å². The summed E-state index contributed by atoms with van der Waals surface area (Å²) in [6.07, 6.45) is 9.05. The molecule has 0 radical (unpaired) electrons. The van der Waals surface area contributed by atoms with Gasteiger partial charge in [0.2, 0.25) is 5.91 Å². The van der Waals surface area contributed by atoms with Gasteiger partial charge in [-0.2, -0.15) is 0 Å². The Morgan fingerprint density at radius 2 is 1.82 bits per heavy atom. The molecule has 1 unspecified atom stereocenters. The van der Waals surface area contributed by atoms with E-state index in [1.807, 2.05) is 4.90 Å². The van der Waals surface area contributed by atoms with Gasteiger partial charge >= 0.3 is 6.03 Å². The number of likely N-dealkylation sites (tertiary alicyclic amines) is 1. The molecule has 1 saturated carbocycles. The lowest BCUT2D eigenvalue weighted by atomic mass is 9.96. The molecule has 8 heteroatoms. The monoisotopic (exact) mass is 404 g/mol. The van der Waals surface area contributed by atoms with Crippen molar-refractivity contribution in [3.63, 3.8) is 0 Å². The number of amides is 4. The second-order valence-electron chi connectivity index (χ2n) is 7.44. The molecular formula is C20H28N4O3S. The van der Waals surface area contributed by atoms with Crippen molar-refractivity contribution in [1.82, 2.24) is 20.5 Å². The summed E-state index contributed by atoms with van der Waals surface area (Å²) >= 11 is 1.26. The minimum absolute atomic E-state index is 0.00623. The topological polar surface area (TPSA) is 91.4 Å². The molecule has 3 rings (SSSR count). The van der Waals surface area contributed by atoms with Gasteiger partial charge in [-0.05, 0) is 44.7 Å². The number of aromatic nitrogens is 1. The maximum atomic E-state index is 12.3. The molecular weight excluding hydrogens is 376 g/mol. The van der Waals surface area contributed by atoms with Crippen molar-refractivity contribution < 1.29 is 14.4 Å². The Kier molecular flexibility index (Phi) is 7.30. The molecule has 2 heterocycles. The molecule has 152 valence electrons. The first-order chi connectivity index (χ1) is 13.5. The lowest BCUT2D eigenvalue weighted by molar-refractivity contribution is -0.119. The van der Waals surface area contributed by atoms with Gasteiger partial charge in [-0.1, -0.05) is 31.0 Å². The quantitative estimate of drug-likeness (QED) is 0.736. The molecule has 1 aliphatic heterocycles. The minimum Gasteiger partial charge on any atom is -0.339 e. The maximum absolute atomic E-state index is 12.3. The molecule has 7 nitrogen and oxygen atoms in total. The van der Waals surface area contributed by atoms with E-state index in [0.29, 0.717) is 10.6 Å². The number of thioether (sulfide) groups is 1. The Hall–Kier alpha value is -2.09. The lowest BCUT2D eigenvalue weighted by Gasteiger charge is -2.23. The van der Waals surface area contributed by atoms with Crippen molar-refractivity contribution in [2.75, 3.05) is 13.1 Å². The zero-order chi connectivity index (χ0) is 19.9. The average Bonchev–Trinajstić information content (AvgIpc) is 3.23. The molecule has 4 amide bonds. The number of carbonyl (C=O) groups excluding carboxylic acids is 3. The van der Waals surface area contributed by atoms with Crippen molar-refractivity contribution in [2.24, 2.45) is 0 Å². The first-order valence-electron chi connectivity index (χ1n) is 10.1. The van der Waals surface area contributed by atoms with E-state index in [0.717, 1.165) is 51.6 Å². The molecule has 1 aromatic heterocycles. The van der Waals surface area contributed by atoms with Gasteiger partial charge in [0, 0.05) is 25.3 Å². The summed E-state index contributed by atoms with van der Waals surface area (Å²) in [5.74, 6) is -0.343. The number of pyridine rings is 1. The Morgan fingerprint density at radius 3 is 2.46 bits per heavy atom. The van der Waals surface area contributed by atoms with Gasteiger partial charge in [0.25, 0.3) is 5.91 Å². The standard InChI is InChI=1S/C20H28N4O3S/c1-14(18(25)23-20(27)22-16-7-3-2-4-8-16)28-17-10-9-15(13-21-17)19(26)24-11-5-6-12-24/h9-10,13-14,16H,2-8,11-12H2,1H3,(H2,22,23,25,27). The van der Waals surface area contributed by atoms with Crippen LogP contribution in [0.4, 0.5) is 4.79 Å². The van der Waals surface area contributed by atoms with Crippen molar-refractivity contribution in [3.05, 3.63) is 23.9 Å². The van der Waals surface area contributed by atoms with Gasteiger partial charge in [0.15, 0.2) is 0 Å². The van der Waals surface area contributed by atoms with Crippen LogP contribution in [0.5, 0.6) is 0 Å². The van der Waals surface area contributed by atoms with Gasteiger partial charge in [-0.25, -0.2) is 9.78 Å². The number of rotatable bonds is 5. The molecule has 2 N–H and O–H groups in total. The van der Waals surface area contributed by atoms with Crippen LogP contribution in [0.15, 0.2) is 23.4 Å². The van der Waals surface area contributed by atoms with E-state index in [-0.39, 0.29) is 17.9 Å². The van der Waals surface area contributed by atoms with Crippen LogP contribution in [-0.2, 0) is 4.79 Å². The van der Waals surface area contributed by atoms with Crippen LogP contribution in [0.3, 0.4) is 0 Å². The highest BCUT2D eigenvalue weighted by atomic mass is 32.2. The molecule has 0 spiro atoms. The summed E-state index contributed by atoms with van der Waals surface area (Å²) < 4.78 is 0. The summed E-state index contributed by atoms with van der Waals surface area (Å²) in [5.41, 5.74) is 0.565. The average molecular weight is 405 g/mol. The highest BCUT2D eigenvalue weighted by molar-refractivity contribution is 8.00. The predicted octanol–water partition coefficient (Wildman–Crippen LogP) is 2.96. The zero-order valence-corrected chi connectivity index (χ0v) is 17.1. The maximum Gasteiger partial charge on any atom is 0.321 e. The highest BCUT2D eigenvalue weighted by Crippen LogP contribution is 2.22. The van der Waals surface area contributed by atoms with E-state index in [4.69, 9.17) is 0 Å². The number of nitrogens with zero attached hydrogens (tertiary/aromatic N) is 2. The summed E-state index contributed by atoms with van der Waals surface area (Å²) in [5, 5.41) is 5.47. The van der Waals surface area contributed by atoms with Crippen molar-refractivity contribution in [2.45, 2.75) is 68.2 Å². The number of imide groups is 1. The molecule has 2 fully saturated rings. The number of hydrogen-bond donors (Lipinski definition) is 2. The van der Waals surface area contributed by atoms with E-state index in [1.54, 1.807) is 25.3 Å². The third-order valence-corrected chi connectivity index (χ3v) is 6.27. The molecule has 2 aliphatic rings. The molecule has 1 aromatic rings. The summed E-state index contributed by atoms with van der Waals surface area (Å²) in [6.45, 7) is 3.34. The highest BCUT2D eigenvalue weighted by Gasteiger charge is 2.22. The number of carbonyl (C=O) groups is 3. The fraction of sp³-hybridized carbons (Fsp3) is 0.600.